The van der Waals surface area contributed by atoms with Crippen LogP contribution in [0.15, 0.2) is 66.7 Å². The Morgan fingerprint density at radius 3 is 2.20 bits per heavy atom. The molecule has 0 bridgehead atoms. The molecule has 1 saturated carbocycles. The Kier molecular flexibility index (Phi) is 10.5. The van der Waals surface area contributed by atoms with Crippen LogP contribution in [0.3, 0.4) is 0 Å². The molecule has 1 heterocycles. The van der Waals surface area contributed by atoms with Gasteiger partial charge in [0.2, 0.25) is 10.0 Å². The van der Waals surface area contributed by atoms with Crippen molar-refractivity contribution in [1.29, 1.82) is 0 Å². The van der Waals surface area contributed by atoms with Crippen LogP contribution in [0.25, 0.3) is 0 Å². The molecule has 1 aliphatic carbocycles. The van der Waals surface area contributed by atoms with E-state index in [4.69, 9.17) is 4.74 Å². The Morgan fingerprint density at radius 1 is 0.978 bits per heavy atom. The molecular formula is C34H38F3N3O5S. The van der Waals surface area contributed by atoms with Gasteiger partial charge in [-0.3, -0.25) is 4.79 Å². The van der Waals surface area contributed by atoms with E-state index in [9.17, 15) is 26.8 Å². The van der Waals surface area contributed by atoms with Gasteiger partial charge in [-0.05, 0) is 85.2 Å². The first-order valence-corrected chi connectivity index (χ1v) is 16.9. The lowest BCUT2D eigenvalue weighted by Crippen LogP contribution is -2.59. The van der Waals surface area contributed by atoms with Crippen molar-refractivity contribution in [3.05, 3.63) is 106 Å². The molecule has 12 heteroatoms. The van der Waals surface area contributed by atoms with Gasteiger partial charge < -0.3 is 15.4 Å². The van der Waals surface area contributed by atoms with E-state index < -0.39 is 57.4 Å². The van der Waals surface area contributed by atoms with Crippen LogP contribution in [0.1, 0.15) is 54.4 Å². The number of carbonyl (C=O) groups is 2. The molecule has 1 aliphatic heterocycles. The summed E-state index contributed by atoms with van der Waals surface area (Å²) in [6.07, 6.45) is 0.525. The normalized spacial score (nSPS) is 19.5. The van der Waals surface area contributed by atoms with Crippen LogP contribution in [0, 0.1) is 17.5 Å². The molecule has 246 valence electrons. The zero-order valence-corrected chi connectivity index (χ0v) is 26.5. The number of piperazine rings is 1. The average molecular weight is 658 g/mol. The highest BCUT2D eigenvalue weighted by atomic mass is 32.2. The van der Waals surface area contributed by atoms with E-state index in [1.165, 1.54) is 48.5 Å². The second-order valence-corrected chi connectivity index (χ2v) is 14.1. The first kappa shape index (κ1) is 33.6. The Bertz CT molecular complexity index is 1640. The maximum atomic E-state index is 15.4. The molecule has 0 aromatic heterocycles. The summed E-state index contributed by atoms with van der Waals surface area (Å²) in [5.74, 6) is -3.25. The van der Waals surface area contributed by atoms with Gasteiger partial charge in [0.25, 0.3) is 0 Å². The SMILES string of the molecule is COC(=O)N[C@H](C(=O)Cc1cccc(F)c1CC[C@H]1CNC[C@H](C)N1S(=O)(=O)C1CC1)C(c1cccc(F)c1)c1cccc(F)c1. The van der Waals surface area contributed by atoms with Gasteiger partial charge in [0.15, 0.2) is 5.78 Å². The number of benzene rings is 3. The molecule has 3 aromatic rings. The molecule has 2 aliphatic rings. The van der Waals surface area contributed by atoms with Gasteiger partial charge in [0, 0.05) is 37.5 Å². The number of methoxy groups -OCH3 is 1. The Hall–Kier alpha value is -3.74. The number of ketones is 1. The van der Waals surface area contributed by atoms with Gasteiger partial charge in [-0.2, -0.15) is 4.31 Å². The van der Waals surface area contributed by atoms with E-state index in [-0.39, 0.29) is 29.7 Å². The summed E-state index contributed by atoms with van der Waals surface area (Å²) in [6.45, 7) is 2.80. The maximum Gasteiger partial charge on any atom is 0.407 e. The summed E-state index contributed by atoms with van der Waals surface area (Å²) < 4.78 is 77.2. The zero-order valence-electron chi connectivity index (χ0n) is 25.7. The van der Waals surface area contributed by atoms with Crippen LogP contribution >= 0.6 is 0 Å². The highest BCUT2D eigenvalue weighted by molar-refractivity contribution is 7.90. The van der Waals surface area contributed by atoms with E-state index in [0.717, 1.165) is 7.11 Å². The molecule has 2 N–H and O–H groups in total. The van der Waals surface area contributed by atoms with Crippen molar-refractivity contribution in [2.75, 3.05) is 20.2 Å². The zero-order chi connectivity index (χ0) is 33.0. The predicted octanol–water partition coefficient (Wildman–Crippen LogP) is 4.86. The van der Waals surface area contributed by atoms with Crippen LogP contribution in [0.4, 0.5) is 18.0 Å². The number of sulfonamides is 1. The number of halogens is 3. The number of ether oxygens (including phenoxy) is 1. The van der Waals surface area contributed by atoms with Crippen LogP contribution in [0.5, 0.6) is 0 Å². The predicted molar refractivity (Wildman–Crippen MR) is 167 cm³/mol. The number of amides is 1. The summed E-state index contributed by atoms with van der Waals surface area (Å²) in [4.78, 5) is 26.6. The number of hydrogen-bond acceptors (Lipinski definition) is 6. The molecule has 3 aromatic carbocycles. The second-order valence-electron chi connectivity index (χ2n) is 12.0. The molecule has 1 saturated heterocycles. The fraction of sp³-hybridized carbons (Fsp3) is 0.412. The molecule has 0 spiro atoms. The van der Waals surface area contributed by atoms with Crippen molar-refractivity contribution >= 4 is 21.9 Å². The summed E-state index contributed by atoms with van der Waals surface area (Å²) in [6, 6.07) is 13.3. The molecule has 3 atom stereocenters. The molecule has 5 rings (SSSR count). The van der Waals surface area contributed by atoms with Crippen LogP contribution in [-0.4, -0.2) is 68.2 Å². The van der Waals surface area contributed by atoms with Crippen LogP contribution < -0.4 is 10.6 Å². The minimum Gasteiger partial charge on any atom is -0.453 e. The molecule has 0 unspecified atom stereocenters. The molecule has 46 heavy (non-hydrogen) atoms. The first-order chi connectivity index (χ1) is 22.0. The minimum absolute atomic E-state index is 0.164. The maximum absolute atomic E-state index is 15.4. The summed E-state index contributed by atoms with van der Waals surface area (Å²) in [5, 5.41) is 5.45. The molecule has 8 nitrogen and oxygen atoms in total. The van der Waals surface area contributed by atoms with Gasteiger partial charge in [0.05, 0.1) is 12.4 Å². The average Bonchev–Trinajstić information content (AvgIpc) is 3.87. The van der Waals surface area contributed by atoms with Crippen molar-refractivity contribution in [3.8, 4) is 0 Å². The number of carbonyl (C=O) groups excluding carboxylic acids is 2. The van der Waals surface area contributed by atoms with E-state index in [1.807, 2.05) is 6.92 Å². The standard InChI is InChI=1S/C34H38F3N3O5S/c1-21-19-38-20-27(40(21)46(43,44)28-13-14-28)12-15-29-22(6-5-11-30(29)37)18-31(41)33(39-34(42)45-2)32(23-7-3-9-25(35)16-23)24-8-4-10-26(36)17-24/h3-11,16-17,21,27-28,32-33,38H,12-15,18-20H2,1-2H3,(H,39,42)/t21-,27-,33+/m0/s1. The summed E-state index contributed by atoms with van der Waals surface area (Å²) in [7, 11) is -2.35. The Morgan fingerprint density at radius 2 is 1.61 bits per heavy atom. The molecule has 1 amide bonds. The fourth-order valence-electron chi connectivity index (χ4n) is 6.40. The topological polar surface area (TPSA) is 105 Å². The first-order valence-electron chi connectivity index (χ1n) is 15.4. The van der Waals surface area contributed by atoms with Gasteiger partial charge in [-0.15, -0.1) is 0 Å². The third-order valence-electron chi connectivity index (χ3n) is 8.72. The van der Waals surface area contributed by atoms with E-state index in [2.05, 4.69) is 10.6 Å². The lowest BCUT2D eigenvalue weighted by atomic mass is 9.81. The number of Topliss-reactive ketones (excluding diaryl/α,β-unsaturated/α-hetero) is 1. The number of hydrogen-bond donors (Lipinski definition) is 2. The van der Waals surface area contributed by atoms with E-state index in [0.29, 0.717) is 49.0 Å². The molecular weight excluding hydrogens is 619 g/mol. The monoisotopic (exact) mass is 657 g/mol. The van der Waals surface area contributed by atoms with Crippen molar-refractivity contribution in [2.45, 2.75) is 68.3 Å². The third-order valence-corrected chi connectivity index (χ3v) is 11.3. The number of nitrogens with zero attached hydrogens (tertiary/aromatic N) is 1. The van der Waals surface area contributed by atoms with Crippen molar-refractivity contribution in [3.63, 3.8) is 0 Å². The third kappa shape index (κ3) is 7.62. The van der Waals surface area contributed by atoms with Gasteiger partial charge in [-0.1, -0.05) is 36.4 Å². The van der Waals surface area contributed by atoms with Crippen molar-refractivity contribution in [2.24, 2.45) is 0 Å². The van der Waals surface area contributed by atoms with Gasteiger partial charge in [0.1, 0.15) is 23.5 Å². The number of nitrogens with one attached hydrogen (secondary N) is 2. The van der Waals surface area contributed by atoms with Crippen LogP contribution in [0.2, 0.25) is 0 Å². The quantitative estimate of drug-likeness (QED) is 0.289. The summed E-state index contributed by atoms with van der Waals surface area (Å²) >= 11 is 0. The lowest BCUT2D eigenvalue weighted by molar-refractivity contribution is -0.120. The number of rotatable bonds is 12. The Labute approximate surface area is 267 Å². The van der Waals surface area contributed by atoms with Crippen molar-refractivity contribution in [1.82, 2.24) is 14.9 Å². The van der Waals surface area contributed by atoms with Crippen molar-refractivity contribution < 1.29 is 35.9 Å². The van der Waals surface area contributed by atoms with E-state index >= 15 is 4.39 Å². The minimum atomic E-state index is -3.48. The largest absolute Gasteiger partial charge is 0.453 e. The smallest absolute Gasteiger partial charge is 0.407 e. The van der Waals surface area contributed by atoms with Gasteiger partial charge in [-0.25, -0.2) is 26.4 Å². The lowest BCUT2D eigenvalue weighted by Gasteiger charge is -2.40. The molecule has 0 radical (unpaired) electrons. The van der Waals surface area contributed by atoms with Crippen LogP contribution in [-0.2, 0) is 32.4 Å². The van der Waals surface area contributed by atoms with Gasteiger partial charge >= 0.3 is 6.09 Å². The highest BCUT2D eigenvalue weighted by Crippen LogP contribution is 2.35. The molecule has 2 fully saturated rings. The highest BCUT2D eigenvalue weighted by Gasteiger charge is 2.45. The Balaban J connectivity index is 1.45. The summed E-state index contributed by atoms with van der Waals surface area (Å²) in [5.41, 5.74) is 1.27. The second kappa shape index (κ2) is 14.4. The van der Waals surface area contributed by atoms with E-state index in [1.54, 1.807) is 22.5 Å². The fourth-order valence-corrected chi connectivity index (χ4v) is 8.64. The number of alkyl carbamates (subject to hydrolysis) is 1.